The van der Waals surface area contributed by atoms with Gasteiger partial charge in [0, 0.05) is 16.9 Å². The normalized spacial score (nSPS) is 10.1. The smallest absolute Gasteiger partial charge is 0.273 e. The maximum Gasteiger partial charge on any atom is 0.273 e. The van der Waals surface area contributed by atoms with Crippen LogP contribution in [-0.2, 0) is 0 Å². The summed E-state index contributed by atoms with van der Waals surface area (Å²) in [5, 5.41) is 3.01. The zero-order chi connectivity index (χ0) is 11.5. The average Bonchev–Trinajstić information content (AvgIpc) is 2.68. The molecule has 2 heterocycles. The van der Waals surface area contributed by atoms with Crippen molar-refractivity contribution in [3.63, 3.8) is 0 Å². The maximum atomic E-state index is 11.7. The van der Waals surface area contributed by atoms with Crippen LogP contribution in [0.25, 0.3) is 0 Å². The Morgan fingerprint density at radius 1 is 1.56 bits per heavy atom. The SMILES string of the molecule is O=C(Nc1ncccc1Cl)c1cc(Br)c[nH]1. The Morgan fingerprint density at radius 2 is 2.38 bits per heavy atom. The number of nitrogens with zero attached hydrogens (tertiary/aromatic N) is 1. The summed E-state index contributed by atoms with van der Waals surface area (Å²) in [6.45, 7) is 0. The molecule has 0 aromatic carbocycles. The van der Waals surface area contributed by atoms with Crippen LogP contribution in [0.15, 0.2) is 35.1 Å². The summed E-state index contributed by atoms with van der Waals surface area (Å²) >= 11 is 9.11. The third-order valence-electron chi connectivity index (χ3n) is 1.88. The molecule has 0 unspecified atom stereocenters. The summed E-state index contributed by atoms with van der Waals surface area (Å²) in [7, 11) is 0. The highest BCUT2D eigenvalue weighted by molar-refractivity contribution is 9.10. The van der Waals surface area contributed by atoms with Crippen LogP contribution in [0.3, 0.4) is 0 Å². The number of anilines is 1. The summed E-state index contributed by atoms with van der Waals surface area (Å²) in [5.41, 5.74) is 0.439. The molecule has 0 atom stereocenters. The third-order valence-corrected chi connectivity index (χ3v) is 2.65. The van der Waals surface area contributed by atoms with E-state index in [-0.39, 0.29) is 5.91 Å². The van der Waals surface area contributed by atoms with Crippen molar-refractivity contribution in [3.8, 4) is 0 Å². The lowest BCUT2D eigenvalue weighted by atomic mass is 10.4. The number of carbonyl (C=O) groups is 1. The molecule has 4 nitrogen and oxygen atoms in total. The van der Waals surface area contributed by atoms with Crippen LogP contribution in [0.5, 0.6) is 0 Å². The number of halogens is 2. The zero-order valence-electron chi connectivity index (χ0n) is 8.00. The van der Waals surface area contributed by atoms with Gasteiger partial charge in [-0.05, 0) is 34.1 Å². The highest BCUT2D eigenvalue weighted by Gasteiger charge is 2.10. The molecule has 1 amide bonds. The van der Waals surface area contributed by atoms with Crippen LogP contribution in [0.2, 0.25) is 5.02 Å². The molecule has 0 bridgehead atoms. The zero-order valence-corrected chi connectivity index (χ0v) is 10.3. The van der Waals surface area contributed by atoms with E-state index in [0.29, 0.717) is 16.5 Å². The van der Waals surface area contributed by atoms with E-state index in [1.54, 1.807) is 30.6 Å². The van der Waals surface area contributed by atoms with Crippen molar-refractivity contribution >= 4 is 39.3 Å². The number of aromatic amines is 1. The highest BCUT2D eigenvalue weighted by atomic mass is 79.9. The van der Waals surface area contributed by atoms with E-state index in [1.807, 2.05) is 0 Å². The summed E-state index contributed by atoms with van der Waals surface area (Å²) in [5.74, 6) is 0.0613. The van der Waals surface area contributed by atoms with Crippen LogP contribution >= 0.6 is 27.5 Å². The Morgan fingerprint density at radius 3 is 3.00 bits per heavy atom. The molecule has 0 aliphatic rings. The van der Waals surface area contributed by atoms with Gasteiger partial charge in [-0.1, -0.05) is 11.6 Å². The fourth-order valence-electron chi connectivity index (χ4n) is 1.15. The number of rotatable bonds is 2. The van der Waals surface area contributed by atoms with E-state index in [2.05, 4.69) is 31.2 Å². The standard InChI is InChI=1S/C10H7BrClN3O/c11-6-4-8(14-5-6)10(16)15-9-7(12)2-1-3-13-9/h1-5,14H,(H,13,15,16). The molecule has 2 aromatic rings. The number of amides is 1. The van der Waals surface area contributed by atoms with Gasteiger partial charge in [0.1, 0.15) is 5.69 Å². The van der Waals surface area contributed by atoms with Crippen LogP contribution in [0, 0.1) is 0 Å². The predicted molar refractivity (Wildman–Crippen MR) is 65.7 cm³/mol. The summed E-state index contributed by atoms with van der Waals surface area (Å²) in [6, 6.07) is 5.03. The fraction of sp³-hybridized carbons (Fsp3) is 0. The molecule has 6 heteroatoms. The van der Waals surface area contributed by atoms with Gasteiger partial charge in [0.15, 0.2) is 5.82 Å². The summed E-state index contributed by atoms with van der Waals surface area (Å²) < 4.78 is 0.810. The van der Waals surface area contributed by atoms with Gasteiger partial charge in [-0.2, -0.15) is 0 Å². The van der Waals surface area contributed by atoms with Crippen molar-refractivity contribution in [2.75, 3.05) is 5.32 Å². The molecule has 0 saturated carbocycles. The van der Waals surface area contributed by atoms with Crippen LogP contribution in [0.4, 0.5) is 5.82 Å². The highest BCUT2D eigenvalue weighted by Crippen LogP contribution is 2.18. The number of carbonyl (C=O) groups excluding carboxylic acids is 1. The van der Waals surface area contributed by atoms with Gasteiger partial charge in [0.05, 0.1) is 5.02 Å². The molecular formula is C10H7BrClN3O. The molecule has 2 N–H and O–H groups in total. The average molecular weight is 301 g/mol. The maximum absolute atomic E-state index is 11.7. The Bertz CT molecular complexity index is 526. The van der Waals surface area contributed by atoms with Crippen LogP contribution in [-0.4, -0.2) is 15.9 Å². The lowest BCUT2D eigenvalue weighted by Gasteiger charge is -2.03. The molecule has 0 saturated heterocycles. The molecule has 0 spiro atoms. The first kappa shape index (κ1) is 11.2. The van der Waals surface area contributed by atoms with E-state index in [0.717, 1.165) is 4.47 Å². The molecule has 16 heavy (non-hydrogen) atoms. The quantitative estimate of drug-likeness (QED) is 0.895. The summed E-state index contributed by atoms with van der Waals surface area (Å²) in [6.07, 6.45) is 3.24. The van der Waals surface area contributed by atoms with E-state index >= 15 is 0 Å². The molecule has 0 aliphatic heterocycles. The van der Waals surface area contributed by atoms with Gasteiger partial charge in [-0.3, -0.25) is 4.79 Å². The molecule has 0 fully saturated rings. The van der Waals surface area contributed by atoms with Crippen molar-refractivity contribution in [2.45, 2.75) is 0 Å². The second-order valence-corrected chi connectivity index (χ2v) is 4.34. The first-order valence-corrected chi connectivity index (χ1v) is 5.59. The van der Waals surface area contributed by atoms with Crippen LogP contribution < -0.4 is 5.32 Å². The number of H-pyrrole nitrogens is 1. The molecule has 82 valence electrons. The van der Waals surface area contributed by atoms with Gasteiger partial charge in [-0.25, -0.2) is 4.98 Å². The lowest BCUT2D eigenvalue weighted by molar-refractivity contribution is 0.102. The second-order valence-electron chi connectivity index (χ2n) is 3.02. The lowest BCUT2D eigenvalue weighted by Crippen LogP contribution is -2.13. The number of hydrogen-bond acceptors (Lipinski definition) is 2. The molecule has 0 radical (unpaired) electrons. The number of nitrogens with one attached hydrogen (secondary N) is 2. The number of pyridine rings is 1. The third kappa shape index (κ3) is 2.43. The van der Waals surface area contributed by atoms with Crippen LogP contribution in [0.1, 0.15) is 10.5 Å². The van der Waals surface area contributed by atoms with Gasteiger partial charge < -0.3 is 10.3 Å². The first-order chi connectivity index (χ1) is 7.66. The molecule has 0 aliphatic carbocycles. The van der Waals surface area contributed by atoms with E-state index in [1.165, 1.54) is 0 Å². The first-order valence-electron chi connectivity index (χ1n) is 4.42. The van der Waals surface area contributed by atoms with Gasteiger partial charge in [0.25, 0.3) is 5.91 Å². The topological polar surface area (TPSA) is 57.8 Å². The Kier molecular flexibility index (Phi) is 3.26. The van der Waals surface area contributed by atoms with E-state index in [9.17, 15) is 4.79 Å². The van der Waals surface area contributed by atoms with Gasteiger partial charge >= 0.3 is 0 Å². The van der Waals surface area contributed by atoms with Crippen molar-refractivity contribution in [2.24, 2.45) is 0 Å². The van der Waals surface area contributed by atoms with Crippen molar-refractivity contribution in [1.29, 1.82) is 0 Å². The fourth-order valence-corrected chi connectivity index (χ4v) is 1.66. The molecule has 2 aromatic heterocycles. The van der Waals surface area contributed by atoms with E-state index in [4.69, 9.17) is 11.6 Å². The molecular weight excluding hydrogens is 293 g/mol. The molecule has 2 rings (SSSR count). The Hall–Kier alpha value is -1.33. The number of aromatic nitrogens is 2. The minimum Gasteiger partial charge on any atom is -0.356 e. The minimum absolute atomic E-state index is 0.286. The predicted octanol–water partition coefficient (Wildman–Crippen LogP) is 3.08. The van der Waals surface area contributed by atoms with E-state index < -0.39 is 0 Å². The largest absolute Gasteiger partial charge is 0.356 e. The van der Waals surface area contributed by atoms with Gasteiger partial charge in [-0.15, -0.1) is 0 Å². The second kappa shape index (κ2) is 4.67. The van der Waals surface area contributed by atoms with Crippen molar-refractivity contribution in [3.05, 3.63) is 45.8 Å². The Labute approximate surface area is 105 Å². The number of hydrogen-bond donors (Lipinski definition) is 2. The van der Waals surface area contributed by atoms with Crippen molar-refractivity contribution < 1.29 is 4.79 Å². The van der Waals surface area contributed by atoms with Gasteiger partial charge in [0.2, 0.25) is 0 Å². The summed E-state index contributed by atoms with van der Waals surface area (Å²) in [4.78, 5) is 18.5. The van der Waals surface area contributed by atoms with Crippen molar-refractivity contribution in [1.82, 2.24) is 9.97 Å². The monoisotopic (exact) mass is 299 g/mol. The minimum atomic E-state index is -0.286. The Balaban J connectivity index is 2.17.